The van der Waals surface area contributed by atoms with Gasteiger partial charge in [-0.2, -0.15) is 5.10 Å². The number of nitrogens with one attached hydrogen (secondary N) is 1. The minimum Gasteiger partial charge on any atom is -0.315 e. The molecule has 1 aliphatic rings. The minimum absolute atomic E-state index is 0.428. The van der Waals surface area contributed by atoms with Gasteiger partial charge in [-0.15, -0.1) is 0 Å². The maximum atomic E-state index is 4.24. The molecule has 0 aliphatic carbocycles. The SMILES string of the molecule is CC(c1ccnn1C)N(C)C1CCCNC1. The quantitative estimate of drug-likeness (QED) is 0.833. The second-order valence-corrected chi connectivity index (χ2v) is 4.72. The van der Waals surface area contributed by atoms with Gasteiger partial charge in [0, 0.05) is 31.9 Å². The zero-order valence-corrected chi connectivity index (χ0v) is 10.5. The van der Waals surface area contributed by atoms with Gasteiger partial charge in [0.1, 0.15) is 0 Å². The van der Waals surface area contributed by atoms with E-state index in [-0.39, 0.29) is 0 Å². The van der Waals surface area contributed by atoms with Gasteiger partial charge in [0.15, 0.2) is 0 Å². The molecule has 2 atom stereocenters. The Morgan fingerprint density at radius 3 is 3.00 bits per heavy atom. The monoisotopic (exact) mass is 222 g/mol. The molecule has 2 heterocycles. The van der Waals surface area contributed by atoms with Crippen LogP contribution in [0.25, 0.3) is 0 Å². The Bertz CT molecular complexity index is 328. The molecule has 2 unspecified atom stereocenters. The third-order valence-electron chi connectivity index (χ3n) is 3.74. The van der Waals surface area contributed by atoms with Gasteiger partial charge >= 0.3 is 0 Å². The standard InChI is InChI=1S/C12H22N4/c1-10(12-6-8-14-16(12)3)15(2)11-5-4-7-13-9-11/h6,8,10-11,13H,4-5,7,9H2,1-3H3. The van der Waals surface area contributed by atoms with Crippen LogP contribution in [0.1, 0.15) is 31.5 Å². The molecule has 4 heteroatoms. The number of piperidine rings is 1. The number of aromatic nitrogens is 2. The first-order valence-corrected chi connectivity index (χ1v) is 6.10. The summed E-state index contributed by atoms with van der Waals surface area (Å²) in [6.07, 6.45) is 4.46. The molecule has 1 aliphatic heterocycles. The molecule has 2 rings (SSSR count). The lowest BCUT2D eigenvalue weighted by molar-refractivity contribution is 0.151. The highest BCUT2D eigenvalue weighted by atomic mass is 15.3. The second-order valence-electron chi connectivity index (χ2n) is 4.72. The lowest BCUT2D eigenvalue weighted by Gasteiger charge is -2.35. The Balaban J connectivity index is 2.03. The summed E-state index contributed by atoms with van der Waals surface area (Å²) in [7, 11) is 4.23. The molecule has 0 aromatic carbocycles. The topological polar surface area (TPSA) is 33.1 Å². The minimum atomic E-state index is 0.428. The first kappa shape index (κ1) is 11.6. The molecule has 4 nitrogen and oxygen atoms in total. The van der Waals surface area contributed by atoms with Crippen molar-refractivity contribution in [3.05, 3.63) is 18.0 Å². The zero-order chi connectivity index (χ0) is 11.5. The number of nitrogens with zero attached hydrogens (tertiary/aromatic N) is 3. The predicted octanol–water partition coefficient (Wildman–Crippen LogP) is 1.16. The van der Waals surface area contributed by atoms with E-state index >= 15 is 0 Å². The van der Waals surface area contributed by atoms with Crippen molar-refractivity contribution in [2.24, 2.45) is 7.05 Å². The first-order chi connectivity index (χ1) is 7.70. The summed E-state index contributed by atoms with van der Waals surface area (Å²) in [5.74, 6) is 0. The van der Waals surface area contributed by atoms with Crippen molar-refractivity contribution >= 4 is 0 Å². The Hall–Kier alpha value is -0.870. The number of hydrogen-bond donors (Lipinski definition) is 1. The van der Waals surface area contributed by atoms with Crippen molar-refractivity contribution in [1.29, 1.82) is 0 Å². The van der Waals surface area contributed by atoms with Gasteiger partial charge in [-0.1, -0.05) is 0 Å². The van der Waals surface area contributed by atoms with Gasteiger partial charge in [-0.3, -0.25) is 9.58 Å². The van der Waals surface area contributed by atoms with Crippen LogP contribution in [-0.4, -0.2) is 40.9 Å². The first-order valence-electron chi connectivity index (χ1n) is 6.10. The molecule has 1 aromatic rings. The van der Waals surface area contributed by atoms with Crippen LogP contribution in [0.15, 0.2) is 12.3 Å². The molecule has 90 valence electrons. The van der Waals surface area contributed by atoms with Crippen molar-refractivity contribution in [2.75, 3.05) is 20.1 Å². The van der Waals surface area contributed by atoms with E-state index < -0.39 is 0 Å². The molecule has 0 amide bonds. The molecule has 1 saturated heterocycles. The second kappa shape index (κ2) is 4.97. The van der Waals surface area contributed by atoms with Gasteiger partial charge in [-0.05, 0) is 39.4 Å². The van der Waals surface area contributed by atoms with Gasteiger partial charge in [-0.25, -0.2) is 0 Å². The van der Waals surface area contributed by atoms with Crippen LogP contribution >= 0.6 is 0 Å². The summed E-state index contributed by atoms with van der Waals surface area (Å²) in [6.45, 7) is 4.54. The van der Waals surface area contributed by atoms with E-state index in [1.807, 2.05) is 17.9 Å². The van der Waals surface area contributed by atoms with E-state index in [0.29, 0.717) is 12.1 Å². The highest BCUT2D eigenvalue weighted by Gasteiger charge is 2.23. The molecule has 1 fully saturated rings. The van der Waals surface area contributed by atoms with E-state index in [2.05, 4.69) is 35.4 Å². The van der Waals surface area contributed by atoms with E-state index in [1.165, 1.54) is 25.1 Å². The molecule has 1 N–H and O–H groups in total. The molecular weight excluding hydrogens is 200 g/mol. The number of rotatable bonds is 3. The summed E-state index contributed by atoms with van der Waals surface area (Å²) < 4.78 is 1.97. The molecule has 0 spiro atoms. The Kier molecular flexibility index (Phi) is 3.61. The van der Waals surface area contributed by atoms with Crippen molar-refractivity contribution in [1.82, 2.24) is 20.0 Å². The third kappa shape index (κ3) is 2.28. The average Bonchev–Trinajstić information content (AvgIpc) is 2.75. The summed E-state index contributed by atoms with van der Waals surface area (Å²) in [4.78, 5) is 2.46. The van der Waals surface area contributed by atoms with Gasteiger partial charge in [0.2, 0.25) is 0 Å². The fourth-order valence-electron chi connectivity index (χ4n) is 2.50. The van der Waals surface area contributed by atoms with Crippen LogP contribution in [0.2, 0.25) is 0 Å². The third-order valence-corrected chi connectivity index (χ3v) is 3.74. The predicted molar refractivity (Wildman–Crippen MR) is 65.3 cm³/mol. The lowest BCUT2D eigenvalue weighted by atomic mass is 10.0. The van der Waals surface area contributed by atoms with Crippen LogP contribution in [0, 0.1) is 0 Å². The van der Waals surface area contributed by atoms with Crippen LogP contribution in [0.5, 0.6) is 0 Å². The normalized spacial score (nSPS) is 23.6. The number of hydrogen-bond acceptors (Lipinski definition) is 3. The van der Waals surface area contributed by atoms with Crippen molar-refractivity contribution in [3.63, 3.8) is 0 Å². The van der Waals surface area contributed by atoms with E-state index in [0.717, 1.165) is 6.54 Å². The maximum absolute atomic E-state index is 4.24. The molecular formula is C12H22N4. The Labute approximate surface area is 97.6 Å². The van der Waals surface area contributed by atoms with Gasteiger partial charge in [0.25, 0.3) is 0 Å². The Morgan fingerprint density at radius 1 is 1.62 bits per heavy atom. The van der Waals surface area contributed by atoms with E-state index in [9.17, 15) is 0 Å². The van der Waals surface area contributed by atoms with Crippen molar-refractivity contribution in [3.8, 4) is 0 Å². The van der Waals surface area contributed by atoms with E-state index in [4.69, 9.17) is 0 Å². The van der Waals surface area contributed by atoms with Crippen LogP contribution in [0.4, 0.5) is 0 Å². The Morgan fingerprint density at radius 2 is 2.44 bits per heavy atom. The maximum Gasteiger partial charge on any atom is 0.0549 e. The lowest BCUT2D eigenvalue weighted by Crippen LogP contribution is -2.45. The number of likely N-dealkylation sites (N-methyl/N-ethyl adjacent to an activating group) is 1. The molecule has 0 bridgehead atoms. The van der Waals surface area contributed by atoms with Crippen molar-refractivity contribution < 1.29 is 0 Å². The van der Waals surface area contributed by atoms with Gasteiger partial charge in [0.05, 0.1) is 5.69 Å². The highest BCUT2D eigenvalue weighted by Crippen LogP contribution is 2.22. The fourth-order valence-corrected chi connectivity index (χ4v) is 2.50. The summed E-state index contributed by atoms with van der Waals surface area (Å²) in [5, 5.41) is 7.71. The summed E-state index contributed by atoms with van der Waals surface area (Å²) >= 11 is 0. The average molecular weight is 222 g/mol. The molecule has 0 radical (unpaired) electrons. The molecule has 16 heavy (non-hydrogen) atoms. The largest absolute Gasteiger partial charge is 0.315 e. The summed E-state index contributed by atoms with van der Waals surface area (Å²) in [6, 6.07) is 3.19. The van der Waals surface area contributed by atoms with Crippen LogP contribution in [-0.2, 0) is 7.05 Å². The van der Waals surface area contributed by atoms with Crippen molar-refractivity contribution in [2.45, 2.75) is 31.8 Å². The van der Waals surface area contributed by atoms with E-state index in [1.54, 1.807) is 0 Å². The smallest absolute Gasteiger partial charge is 0.0549 e. The molecule has 1 aromatic heterocycles. The van der Waals surface area contributed by atoms with Crippen LogP contribution in [0.3, 0.4) is 0 Å². The van der Waals surface area contributed by atoms with Crippen LogP contribution < -0.4 is 5.32 Å². The number of aryl methyl sites for hydroxylation is 1. The summed E-state index contributed by atoms with van der Waals surface area (Å²) in [5.41, 5.74) is 1.29. The fraction of sp³-hybridized carbons (Fsp3) is 0.750. The molecule has 0 saturated carbocycles. The zero-order valence-electron chi connectivity index (χ0n) is 10.5. The van der Waals surface area contributed by atoms with Gasteiger partial charge < -0.3 is 5.32 Å². The highest BCUT2D eigenvalue weighted by molar-refractivity contribution is 5.06.